The number of ether oxygens (including phenoxy) is 1. The lowest BCUT2D eigenvalue weighted by atomic mass is 9.89. The van der Waals surface area contributed by atoms with Gasteiger partial charge in [-0.1, -0.05) is 0 Å². The zero-order chi connectivity index (χ0) is 11.6. The molecule has 0 radical (unpaired) electrons. The number of hydrogen-bond acceptors (Lipinski definition) is 4. The molecule has 0 aliphatic carbocycles. The van der Waals surface area contributed by atoms with Crippen molar-refractivity contribution in [3.05, 3.63) is 0 Å². The molecule has 2 aliphatic rings. The van der Waals surface area contributed by atoms with Gasteiger partial charge in [0.1, 0.15) is 12.1 Å². The molecule has 1 spiro atoms. The lowest BCUT2D eigenvalue weighted by Crippen LogP contribution is -2.57. The number of carboxylic acids is 1. The van der Waals surface area contributed by atoms with Crippen LogP contribution in [-0.2, 0) is 9.53 Å². The van der Waals surface area contributed by atoms with E-state index >= 15 is 0 Å². The van der Waals surface area contributed by atoms with Gasteiger partial charge in [-0.3, -0.25) is 9.69 Å². The van der Waals surface area contributed by atoms with Gasteiger partial charge in [0.2, 0.25) is 0 Å². The summed E-state index contributed by atoms with van der Waals surface area (Å²) >= 11 is 0. The van der Waals surface area contributed by atoms with Crippen molar-refractivity contribution in [3.8, 4) is 0 Å². The SMILES string of the molecule is O=C(O)CN1CCC2(CCCNC2)OC1=O. The van der Waals surface area contributed by atoms with Gasteiger partial charge in [-0.25, -0.2) is 4.79 Å². The molecule has 2 rings (SSSR count). The number of hydrogen-bond donors (Lipinski definition) is 2. The van der Waals surface area contributed by atoms with Crippen LogP contribution in [0.1, 0.15) is 19.3 Å². The first kappa shape index (κ1) is 11.2. The second-order valence-electron chi connectivity index (χ2n) is 4.40. The maximum Gasteiger partial charge on any atom is 0.410 e. The van der Waals surface area contributed by atoms with Crippen LogP contribution in [0.5, 0.6) is 0 Å². The number of aliphatic carboxylic acids is 1. The maximum absolute atomic E-state index is 11.6. The van der Waals surface area contributed by atoms with E-state index in [1.54, 1.807) is 0 Å². The third-order valence-electron chi connectivity index (χ3n) is 3.16. The number of carboxylic acid groups (broad SMARTS) is 1. The van der Waals surface area contributed by atoms with Gasteiger partial charge >= 0.3 is 12.1 Å². The minimum atomic E-state index is -1.00. The first-order chi connectivity index (χ1) is 7.61. The van der Waals surface area contributed by atoms with Gasteiger partial charge in [-0.2, -0.15) is 0 Å². The smallest absolute Gasteiger partial charge is 0.410 e. The summed E-state index contributed by atoms with van der Waals surface area (Å²) < 4.78 is 5.39. The van der Waals surface area contributed by atoms with Crippen LogP contribution in [0.4, 0.5) is 4.79 Å². The summed E-state index contributed by atoms with van der Waals surface area (Å²) in [6.45, 7) is 1.83. The van der Waals surface area contributed by atoms with Crippen LogP contribution in [-0.4, -0.2) is 53.8 Å². The van der Waals surface area contributed by atoms with Crippen LogP contribution in [0, 0.1) is 0 Å². The molecule has 2 N–H and O–H groups in total. The standard InChI is InChI=1S/C10H16N2O4/c13-8(14)6-12-5-3-10(16-9(12)15)2-1-4-11-7-10/h11H,1-7H2,(H,13,14). The molecular weight excluding hydrogens is 212 g/mol. The van der Waals surface area contributed by atoms with Gasteiger partial charge < -0.3 is 15.2 Å². The molecule has 1 atom stereocenters. The third kappa shape index (κ3) is 2.27. The number of piperidine rings is 1. The quantitative estimate of drug-likeness (QED) is 0.697. The predicted molar refractivity (Wildman–Crippen MR) is 55.1 cm³/mol. The summed E-state index contributed by atoms with van der Waals surface area (Å²) in [5, 5.41) is 11.8. The van der Waals surface area contributed by atoms with E-state index in [9.17, 15) is 9.59 Å². The molecule has 2 aliphatic heterocycles. The normalized spacial score (nSPS) is 30.2. The number of carbonyl (C=O) groups is 2. The zero-order valence-corrected chi connectivity index (χ0v) is 9.07. The molecule has 0 bridgehead atoms. The van der Waals surface area contributed by atoms with Crippen molar-refractivity contribution in [2.75, 3.05) is 26.2 Å². The first-order valence-electron chi connectivity index (χ1n) is 5.52. The zero-order valence-electron chi connectivity index (χ0n) is 9.07. The summed E-state index contributed by atoms with van der Waals surface area (Å²) in [5.74, 6) is -1.00. The molecule has 1 unspecified atom stereocenters. The Morgan fingerprint density at radius 3 is 2.94 bits per heavy atom. The van der Waals surface area contributed by atoms with Gasteiger partial charge in [0.05, 0.1) is 0 Å². The fourth-order valence-electron chi connectivity index (χ4n) is 2.28. The summed E-state index contributed by atoms with van der Waals surface area (Å²) in [4.78, 5) is 23.4. The lowest BCUT2D eigenvalue weighted by molar-refractivity contribution is -0.139. The Kier molecular flexibility index (Phi) is 3.00. The number of rotatable bonds is 2. The van der Waals surface area contributed by atoms with Crippen molar-refractivity contribution in [2.24, 2.45) is 0 Å². The van der Waals surface area contributed by atoms with Crippen molar-refractivity contribution in [1.29, 1.82) is 0 Å². The molecule has 2 saturated heterocycles. The topological polar surface area (TPSA) is 78.9 Å². The molecule has 0 saturated carbocycles. The first-order valence-corrected chi connectivity index (χ1v) is 5.52. The minimum Gasteiger partial charge on any atom is -0.480 e. The maximum atomic E-state index is 11.6. The molecule has 90 valence electrons. The highest BCUT2D eigenvalue weighted by Crippen LogP contribution is 2.29. The molecule has 2 heterocycles. The minimum absolute atomic E-state index is 0.275. The van der Waals surface area contributed by atoms with E-state index in [1.807, 2.05) is 0 Å². The Morgan fingerprint density at radius 2 is 2.38 bits per heavy atom. The summed E-state index contributed by atoms with van der Waals surface area (Å²) in [7, 11) is 0. The Morgan fingerprint density at radius 1 is 1.56 bits per heavy atom. The number of carbonyl (C=O) groups excluding carboxylic acids is 1. The molecular formula is C10H16N2O4. The van der Waals surface area contributed by atoms with E-state index in [2.05, 4.69) is 5.32 Å². The fourth-order valence-corrected chi connectivity index (χ4v) is 2.28. The summed E-state index contributed by atoms with van der Waals surface area (Å²) in [5.41, 5.74) is -0.398. The van der Waals surface area contributed by atoms with E-state index in [-0.39, 0.29) is 6.54 Å². The molecule has 6 heteroatoms. The van der Waals surface area contributed by atoms with Crippen molar-refractivity contribution in [3.63, 3.8) is 0 Å². The highest BCUT2D eigenvalue weighted by Gasteiger charge is 2.41. The Labute approximate surface area is 93.6 Å². The molecule has 6 nitrogen and oxygen atoms in total. The van der Waals surface area contributed by atoms with Gasteiger partial charge in [0, 0.05) is 19.5 Å². The van der Waals surface area contributed by atoms with E-state index < -0.39 is 17.7 Å². The number of amides is 1. The average molecular weight is 228 g/mol. The second kappa shape index (κ2) is 4.29. The highest BCUT2D eigenvalue weighted by molar-refractivity contribution is 5.77. The number of nitrogens with one attached hydrogen (secondary N) is 1. The van der Waals surface area contributed by atoms with Gasteiger partial charge in [0.25, 0.3) is 0 Å². The van der Waals surface area contributed by atoms with Crippen LogP contribution >= 0.6 is 0 Å². The number of nitrogens with zero attached hydrogens (tertiary/aromatic N) is 1. The molecule has 0 aromatic carbocycles. The van der Waals surface area contributed by atoms with Gasteiger partial charge in [-0.05, 0) is 19.4 Å². The Balaban J connectivity index is 1.96. The van der Waals surface area contributed by atoms with Crippen LogP contribution < -0.4 is 5.32 Å². The summed E-state index contributed by atoms with van der Waals surface area (Å²) in [6, 6.07) is 0. The van der Waals surface area contributed by atoms with Crippen LogP contribution in [0.25, 0.3) is 0 Å². The predicted octanol–water partition coefficient (Wildman–Crippen LogP) is 0.0355. The van der Waals surface area contributed by atoms with Crippen LogP contribution in [0.15, 0.2) is 0 Å². The average Bonchev–Trinajstić information content (AvgIpc) is 2.23. The second-order valence-corrected chi connectivity index (χ2v) is 4.40. The highest BCUT2D eigenvalue weighted by atomic mass is 16.6. The van der Waals surface area contributed by atoms with Gasteiger partial charge in [-0.15, -0.1) is 0 Å². The molecule has 2 fully saturated rings. The monoisotopic (exact) mass is 228 g/mol. The summed E-state index contributed by atoms with van der Waals surface area (Å²) in [6.07, 6.45) is 2.06. The van der Waals surface area contributed by atoms with E-state index in [0.717, 1.165) is 19.4 Å². The van der Waals surface area contributed by atoms with Crippen molar-refractivity contribution in [1.82, 2.24) is 10.2 Å². The largest absolute Gasteiger partial charge is 0.480 e. The Bertz CT molecular complexity index is 299. The van der Waals surface area contributed by atoms with Crippen molar-refractivity contribution >= 4 is 12.1 Å². The third-order valence-corrected chi connectivity index (χ3v) is 3.16. The van der Waals surface area contributed by atoms with Gasteiger partial charge in [0.15, 0.2) is 0 Å². The van der Waals surface area contributed by atoms with E-state index in [4.69, 9.17) is 9.84 Å². The Hall–Kier alpha value is -1.30. The molecule has 0 aromatic rings. The molecule has 0 aromatic heterocycles. The van der Waals surface area contributed by atoms with Crippen LogP contribution in [0.2, 0.25) is 0 Å². The van der Waals surface area contributed by atoms with E-state index in [1.165, 1.54) is 4.90 Å². The van der Waals surface area contributed by atoms with E-state index in [0.29, 0.717) is 19.5 Å². The molecule has 16 heavy (non-hydrogen) atoms. The van der Waals surface area contributed by atoms with Crippen molar-refractivity contribution in [2.45, 2.75) is 24.9 Å². The van der Waals surface area contributed by atoms with Crippen molar-refractivity contribution < 1.29 is 19.4 Å². The lowest BCUT2D eigenvalue weighted by Gasteiger charge is -2.43. The van der Waals surface area contributed by atoms with Crippen LogP contribution in [0.3, 0.4) is 0 Å². The fraction of sp³-hybridized carbons (Fsp3) is 0.800. The molecule has 1 amide bonds.